The van der Waals surface area contributed by atoms with E-state index in [1.54, 1.807) is 6.20 Å². The lowest BCUT2D eigenvalue weighted by atomic mass is 10.0. The van der Waals surface area contributed by atoms with Gasteiger partial charge in [0.2, 0.25) is 5.89 Å². The van der Waals surface area contributed by atoms with Crippen LogP contribution in [-0.2, 0) is 0 Å². The van der Waals surface area contributed by atoms with Crippen LogP contribution in [0.3, 0.4) is 0 Å². The van der Waals surface area contributed by atoms with Gasteiger partial charge in [-0.2, -0.15) is 0 Å². The number of benzene rings is 1. The van der Waals surface area contributed by atoms with Gasteiger partial charge in [0.05, 0.1) is 11.8 Å². The molecule has 1 saturated carbocycles. The van der Waals surface area contributed by atoms with Crippen molar-refractivity contribution in [2.24, 2.45) is 0 Å². The van der Waals surface area contributed by atoms with Crippen LogP contribution in [0.4, 0.5) is 4.79 Å². The zero-order valence-electron chi connectivity index (χ0n) is 13.8. The molecule has 128 valence electrons. The molecule has 1 aromatic heterocycles. The monoisotopic (exact) mass is 329 g/mol. The molecule has 0 spiro atoms. The van der Waals surface area contributed by atoms with Crippen molar-refractivity contribution in [1.82, 2.24) is 15.6 Å². The summed E-state index contributed by atoms with van der Waals surface area (Å²) in [5.41, 5.74) is 0.181. The zero-order valence-corrected chi connectivity index (χ0v) is 13.8. The molecule has 1 aliphatic carbocycles. The van der Waals surface area contributed by atoms with Crippen LogP contribution in [0, 0.1) is 0 Å². The number of oxazole rings is 1. The highest BCUT2D eigenvalue weighted by Crippen LogP contribution is 2.28. The second-order valence-corrected chi connectivity index (χ2v) is 6.41. The first kappa shape index (κ1) is 16.5. The lowest BCUT2D eigenvalue weighted by molar-refractivity contribution is 0.0500. The van der Waals surface area contributed by atoms with Crippen LogP contribution in [0.1, 0.15) is 44.5 Å². The SMILES string of the molecule is CC(NC(=O)NCC1(O)CCCC1)c1ncc(-c2ccccc2)o1. The second kappa shape index (κ2) is 7.05. The number of carbonyl (C=O) groups is 1. The van der Waals surface area contributed by atoms with Gasteiger partial charge in [0.25, 0.3) is 0 Å². The number of urea groups is 1. The van der Waals surface area contributed by atoms with Gasteiger partial charge in [-0.25, -0.2) is 9.78 Å². The van der Waals surface area contributed by atoms with E-state index in [0.717, 1.165) is 31.2 Å². The zero-order chi connectivity index (χ0) is 17.0. The highest BCUT2D eigenvalue weighted by atomic mass is 16.4. The van der Waals surface area contributed by atoms with Gasteiger partial charge in [-0.1, -0.05) is 43.2 Å². The number of carbonyl (C=O) groups excluding carboxylic acids is 1. The molecule has 1 aliphatic rings. The number of nitrogens with zero attached hydrogens (tertiary/aromatic N) is 1. The minimum Gasteiger partial charge on any atom is -0.438 e. The first-order valence-electron chi connectivity index (χ1n) is 8.34. The molecule has 2 aromatic rings. The fourth-order valence-electron chi connectivity index (χ4n) is 2.99. The van der Waals surface area contributed by atoms with Crippen molar-refractivity contribution in [3.8, 4) is 11.3 Å². The van der Waals surface area contributed by atoms with E-state index < -0.39 is 5.60 Å². The van der Waals surface area contributed by atoms with E-state index in [1.807, 2.05) is 37.3 Å². The second-order valence-electron chi connectivity index (χ2n) is 6.41. The number of amides is 2. The van der Waals surface area contributed by atoms with Crippen molar-refractivity contribution in [1.29, 1.82) is 0 Å². The third-order valence-electron chi connectivity index (χ3n) is 4.41. The highest BCUT2D eigenvalue weighted by molar-refractivity contribution is 5.74. The summed E-state index contributed by atoms with van der Waals surface area (Å²) in [5, 5.41) is 15.8. The van der Waals surface area contributed by atoms with Crippen molar-refractivity contribution in [3.63, 3.8) is 0 Å². The summed E-state index contributed by atoms with van der Waals surface area (Å²) in [4.78, 5) is 16.2. The Kier molecular flexibility index (Phi) is 4.85. The molecule has 6 nitrogen and oxygen atoms in total. The van der Waals surface area contributed by atoms with Gasteiger partial charge in [-0.15, -0.1) is 0 Å². The predicted octanol–water partition coefficient (Wildman–Crippen LogP) is 3.01. The Morgan fingerprint density at radius 1 is 1.33 bits per heavy atom. The topological polar surface area (TPSA) is 87.4 Å². The Morgan fingerprint density at radius 2 is 2.04 bits per heavy atom. The van der Waals surface area contributed by atoms with Crippen molar-refractivity contribution >= 4 is 6.03 Å². The van der Waals surface area contributed by atoms with Crippen LogP contribution in [0.2, 0.25) is 0 Å². The molecule has 0 bridgehead atoms. The Morgan fingerprint density at radius 3 is 2.75 bits per heavy atom. The number of nitrogens with one attached hydrogen (secondary N) is 2. The van der Waals surface area contributed by atoms with Gasteiger partial charge in [-0.3, -0.25) is 0 Å². The van der Waals surface area contributed by atoms with E-state index >= 15 is 0 Å². The van der Waals surface area contributed by atoms with Crippen LogP contribution < -0.4 is 10.6 Å². The fraction of sp³-hybridized carbons (Fsp3) is 0.444. The maximum absolute atomic E-state index is 12.0. The molecule has 24 heavy (non-hydrogen) atoms. The summed E-state index contributed by atoms with van der Waals surface area (Å²) in [6.45, 7) is 2.08. The third kappa shape index (κ3) is 3.94. The average Bonchev–Trinajstić information content (AvgIpc) is 3.24. The molecular formula is C18H23N3O3. The van der Waals surface area contributed by atoms with Crippen LogP contribution >= 0.6 is 0 Å². The van der Waals surface area contributed by atoms with E-state index in [0.29, 0.717) is 11.7 Å². The molecule has 1 unspecified atom stereocenters. The number of hydrogen-bond acceptors (Lipinski definition) is 4. The van der Waals surface area contributed by atoms with E-state index in [-0.39, 0.29) is 18.6 Å². The van der Waals surface area contributed by atoms with Gasteiger partial charge >= 0.3 is 6.03 Å². The molecule has 1 heterocycles. The minimum absolute atomic E-state index is 0.270. The summed E-state index contributed by atoms with van der Waals surface area (Å²) < 4.78 is 5.73. The standard InChI is InChI=1S/C18H23N3O3/c1-13(21-17(22)20-12-18(23)9-5-6-10-18)16-19-11-15(24-16)14-7-3-2-4-8-14/h2-4,7-8,11,13,23H,5-6,9-10,12H2,1H3,(H2,20,21,22). The van der Waals surface area contributed by atoms with Crippen LogP contribution in [0.25, 0.3) is 11.3 Å². The lowest BCUT2D eigenvalue weighted by Crippen LogP contribution is -2.45. The highest BCUT2D eigenvalue weighted by Gasteiger charge is 2.31. The predicted molar refractivity (Wildman–Crippen MR) is 90.3 cm³/mol. The smallest absolute Gasteiger partial charge is 0.315 e. The normalized spacial score (nSPS) is 17.4. The average molecular weight is 329 g/mol. The van der Waals surface area contributed by atoms with Gasteiger partial charge in [0.1, 0.15) is 6.04 Å². The van der Waals surface area contributed by atoms with E-state index in [2.05, 4.69) is 15.6 Å². The van der Waals surface area contributed by atoms with Crippen LogP contribution in [-0.4, -0.2) is 28.3 Å². The maximum Gasteiger partial charge on any atom is 0.315 e. The molecule has 0 saturated heterocycles. The molecule has 6 heteroatoms. The maximum atomic E-state index is 12.0. The molecule has 3 rings (SSSR count). The largest absolute Gasteiger partial charge is 0.438 e. The number of rotatable bonds is 5. The molecule has 2 amide bonds. The summed E-state index contributed by atoms with van der Waals surface area (Å²) in [6.07, 6.45) is 5.15. The van der Waals surface area contributed by atoms with Crippen LogP contribution in [0.15, 0.2) is 40.9 Å². The summed E-state index contributed by atoms with van der Waals surface area (Å²) in [7, 11) is 0. The number of aromatic nitrogens is 1. The molecule has 0 aliphatic heterocycles. The number of hydrogen-bond donors (Lipinski definition) is 3. The van der Waals surface area contributed by atoms with Crippen molar-refractivity contribution < 1.29 is 14.3 Å². The first-order chi connectivity index (χ1) is 11.6. The third-order valence-corrected chi connectivity index (χ3v) is 4.41. The molecule has 1 aromatic carbocycles. The Balaban J connectivity index is 1.54. The van der Waals surface area contributed by atoms with Gasteiger partial charge < -0.3 is 20.2 Å². The van der Waals surface area contributed by atoms with E-state index in [1.165, 1.54) is 0 Å². The quantitative estimate of drug-likeness (QED) is 0.787. The van der Waals surface area contributed by atoms with Crippen molar-refractivity contribution in [2.45, 2.75) is 44.2 Å². The Labute approximate surface area is 141 Å². The molecule has 1 atom stereocenters. The van der Waals surface area contributed by atoms with Crippen LogP contribution in [0.5, 0.6) is 0 Å². The molecule has 3 N–H and O–H groups in total. The van der Waals surface area contributed by atoms with E-state index in [4.69, 9.17) is 4.42 Å². The minimum atomic E-state index is -0.760. The first-order valence-corrected chi connectivity index (χ1v) is 8.34. The fourth-order valence-corrected chi connectivity index (χ4v) is 2.99. The van der Waals surface area contributed by atoms with Crippen molar-refractivity contribution in [2.75, 3.05) is 6.54 Å². The summed E-state index contributed by atoms with van der Waals surface area (Å²) >= 11 is 0. The number of aliphatic hydroxyl groups is 1. The van der Waals surface area contributed by atoms with Gasteiger partial charge in [-0.05, 0) is 19.8 Å². The Bertz CT molecular complexity index is 678. The molecule has 1 fully saturated rings. The van der Waals surface area contributed by atoms with Gasteiger partial charge in [0, 0.05) is 12.1 Å². The summed E-state index contributed by atoms with van der Waals surface area (Å²) in [6, 6.07) is 8.99. The van der Waals surface area contributed by atoms with Gasteiger partial charge in [0.15, 0.2) is 5.76 Å². The molecule has 0 radical (unpaired) electrons. The van der Waals surface area contributed by atoms with E-state index in [9.17, 15) is 9.90 Å². The Hall–Kier alpha value is -2.34. The molecular weight excluding hydrogens is 306 g/mol. The lowest BCUT2D eigenvalue weighted by Gasteiger charge is -2.22. The summed E-state index contributed by atoms with van der Waals surface area (Å²) in [5.74, 6) is 1.11. The van der Waals surface area contributed by atoms with Crippen molar-refractivity contribution in [3.05, 3.63) is 42.4 Å².